The third-order valence-electron chi connectivity index (χ3n) is 1.99. The van der Waals surface area contributed by atoms with Gasteiger partial charge in [0, 0.05) is 6.54 Å². The van der Waals surface area contributed by atoms with Crippen molar-refractivity contribution in [1.29, 1.82) is 0 Å². The van der Waals surface area contributed by atoms with Crippen molar-refractivity contribution in [2.45, 2.75) is 46.1 Å². The first kappa shape index (κ1) is 14.0. The van der Waals surface area contributed by atoms with Crippen molar-refractivity contribution in [1.82, 2.24) is 15.0 Å². The smallest absolute Gasteiger partial charge is 0.322 e. The highest BCUT2D eigenvalue weighted by atomic mass is 35.5. The lowest BCUT2D eigenvalue weighted by Gasteiger charge is -2.09. The second kappa shape index (κ2) is 7.27. The van der Waals surface area contributed by atoms with Crippen LogP contribution in [0.1, 0.15) is 40.0 Å². The molecule has 0 spiro atoms. The van der Waals surface area contributed by atoms with Gasteiger partial charge in [0.25, 0.3) is 0 Å². The second-order valence-electron chi connectivity index (χ2n) is 4.01. The molecule has 5 nitrogen and oxygen atoms in total. The highest BCUT2D eigenvalue weighted by Crippen LogP contribution is 2.12. The Balaban J connectivity index is 2.56. The van der Waals surface area contributed by atoms with Crippen LogP contribution in [-0.4, -0.2) is 27.6 Å². The monoisotopic (exact) mass is 258 g/mol. The van der Waals surface area contributed by atoms with E-state index in [4.69, 9.17) is 16.3 Å². The molecule has 0 aromatic carbocycles. The van der Waals surface area contributed by atoms with Crippen molar-refractivity contribution in [2.24, 2.45) is 0 Å². The van der Waals surface area contributed by atoms with Crippen LogP contribution in [0.2, 0.25) is 5.28 Å². The Bertz CT molecular complexity index is 346. The van der Waals surface area contributed by atoms with Gasteiger partial charge in [-0.25, -0.2) is 0 Å². The van der Waals surface area contributed by atoms with Crippen molar-refractivity contribution in [3.8, 4) is 6.01 Å². The number of rotatable bonds is 7. The molecule has 0 radical (unpaired) electrons. The number of hydrogen-bond donors (Lipinski definition) is 1. The number of aromatic nitrogens is 3. The molecular formula is C11H19ClN4O. The number of nitrogens with one attached hydrogen (secondary N) is 1. The van der Waals surface area contributed by atoms with Crippen LogP contribution >= 0.6 is 11.6 Å². The molecule has 0 aliphatic rings. The van der Waals surface area contributed by atoms with Gasteiger partial charge < -0.3 is 10.1 Å². The van der Waals surface area contributed by atoms with E-state index in [2.05, 4.69) is 27.2 Å². The van der Waals surface area contributed by atoms with Crippen LogP contribution < -0.4 is 10.1 Å². The number of unbranched alkanes of at least 4 members (excludes halogenated alkanes) is 2. The van der Waals surface area contributed by atoms with E-state index in [1.807, 2.05) is 13.8 Å². The zero-order valence-electron chi connectivity index (χ0n) is 10.5. The Kier molecular flexibility index (Phi) is 5.97. The third-order valence-corrected chi connectivity index (χ3v) is 2.16. The minimum Gasteiger partial charge on any atom is -0.461 e. The van der Waals surface area contributed by atoms with E-state index in [9.17, 15) is 0 Å². The highest BCUT2D eigenvalue weighted by Gasteiger charge is 2.07. The summed E-state index contributed by atoms with van der Waals surface area (Å²) in [6.45, 7) is 6.81. The summed E-state index contributed by atoms with van der Waals surface area (Å²) in [6.07, 6.45) is 3.46. The topological polar surface area (TPSA) is 59.9 Å². The Morgan fingerprint density at radius 1 is 1.24 bits per heavy atom. The van der Waals surface area contributed by atoms with Gasteiger partial charge in [-0.3, -0.25) is 0 Å². The maximum absolute atomic E-state index is 5.79. The summed E-state index contributed by atoms with van der Waals surface area (Å²) in [5.74, 6) is 0.469. The summed E-state index contributed by atoms with van der Waals surface area (Å²) in [4.78, 5) is 12.0. The first-order valence-electron chi connectivity index (χ1n) is 5.94. The van der Waals surface area contributed by atoms with E-state index in [0.717, 1.165) is 13.0 Å². The third kappa shape index (κ3) is 5.68. The highest BCUT2D eigenvalue weighted by molar-refractivity contribution is 6.28. The minimum atomic E-state index is 0.0152. The van der Waals surface area contributed by atoms with Gasteiger partial charge in [-0.05, 0) is 31.9 Å². The van der Waals surface area contributed by atoms with Crippen LogP contribution in [0.3, 0.4) is 0 Å². The molecule has 1 N–H and O–H groups in total. The van der Waals surface area contributed by atoms with Crippen LogP contribution in [0, 0.1) is 0 Å². The van der Waals surface area contributed by atoms with Gasteiger partial charge in [-0.15, -0.1) is 0 Å². The molecule has 6 heteroatoms. The number of anilines is 1. The fraction of sp³-hybridized carbons (Fsp3) is 0.727. The maximum atomic E-state index is 5.79. The summed E-state index contributed by atoms with van der Waals surface area (Å²) < 4.78 is 5.38. The van der Waals surface area contributed by atoms with Crippen molar-refractivity contribution in [3.63, 3.8) is 0 Å². The van der Waals surface area contributed by atoms with Gasteiger partial charge in [0.1, 0.15) is 0 Å². The standard InChI is InChI=1S/C11H19ClN4O/c1-4-5-6-7-13-10-14-9(12)15-11(16-10)17-8(2)3/h8H,4-7H2,1-3H3,(H,13,14,15,16). The predicted octanol–water partition coefficient (Wildman–Crippen LogP) is 2.91. The molecular weight excluding hydrogens is 240 g/mol. The van der Waals surface area contributed by atoms with E-state index in [-0.39, 0.29) is 17.4 Å². The minimum absolute atomic E-state index is 0.0152. The summed E-state index contributed by atoms with van der Waals surface area (Å²) in [7, 11) is 0. The molecule has 0 aliphatic carbocycles. The molecule has 1 aromatic rings. The summed E-state index contributed by atoms with van der Waals surface area (Å²) in [5.41, 5.74) is 0. The van der Waals surface area contributed by atoms with Gasteiger partial charge >= 0.3 is 6.01 Å². The van der Waals surface area contributed by atoms with Gasteiger partial charge in [0.2, 0.25) is 11.2 Å². The van der Waals surface area contributed by atoms with E-state index in [1.165, 1.54) is 12.8 Å². The van der Waals surface area contributed by atoms with E-state index < -0.39 is 0 Å². The van der Waals surface area contributed by atoms with Crippen molar-refractivity contribution < 1.29 is 4.74 Å². The zero-order valence-corrected chi connectivity index (χ0v) is 11.3. The Morgan fingerprint density at radius 3 is 2.65 bits per heavy atom. The fourth-order valence-corrected chi connectivity index (χ4v) is 1.40. The molecule has 1 heterocycles. The Labute approximate surface area is 107 Å². The molecule has 0 fully saturated rings. The molecule has 96 valence electrons. The largest absolute Gasteiger partial charge is 0.461 e. The molecule has 17 heavy (non-hydrogen) atoms. The Morgan fingerprint density at radius 2 is 2.00 bits per heavy atom. The van der Waals surface area contributed by atoms with Crippen molar-refractivity contribution in [2.75, 3.05) is 11.9 Å². The van der Waals surface area contributed by atoms with E-state index in [0.29, 0.717) is 5.95 Å². The maximum Gasteiger partial charge on any atom is 0.322 e. The normalized spacial score (nSPS) is 10.6. The van der Waals surface area contributed by atoms with Gasteiger partial charge in [-0.1, -0.05) is 19.8 Å². The van der Waals surface area contributed by atoms with Gasteiger partial charge in [0.05, 0.1) is 6.10 Å². The number of halogens is 1. The van der Waals surface area contributed by atoms with Crippen LogP contribution in [0.25, 0.3) is 0 Å². The second-order valence-corrected chi connectivity index (χ2v) is 4.35. The van der Waals surface area contributed by atoms with Gasteiger partial charge in [0.15, 0.2) is 0 Å². The first-order chi connectivity index (χ1) is 8.11. The van der Waals surface area contributed by atoms with Crippen LogP contribution in [-0.2, 0) is 0 Å². The molecule has 1 rings (SSSR count). The molecule has 0 saturated carbocycles. The van der Waals surface area contributed by atoms with Crippen LogP contribution in [0.4, 0.5) is 5.95 Å². The summed E-state index contributed by atoms with van der Waals surface area (Å²) in [5, 5.41) is 3.25. The zero-order chi connectivity index (χ0) is 12.7. The molecule has 1 aromatic heterocycles. The molecule has 0 amide bonds. The summed E-state index contributed by atoms with van der Waals surface area (Å²) in [6, 6.07) is 0.262. The number of nitrogens with zero attached hydrogens (tertiary/aromatic N) is 3. The summed E-state index contributed by atoms with van der Waals surface area (Å²) >= 11 is 5.79. The number of hydrogen-bond acceptors (Lipinski definition) is 5. The van der Waals surface area contributed by atoms with Crippen LogP contribution in [0.5, 0.6) is 6.01 Å². The van der Waals surface area contributed by atoms with E-state index >= 15 is 0 Å². The molecule has 0 saturated heterocycles. The van der Waals surface area contributed by atoms with Crippen molar-refractivity contribution >= 4 is 17.5 Å². The van der Waals surface area contributed by atoms with Gasteiger partial charge in [-0.2, -0.15) is 15.0 Å². The lowest BCUT2D eigenvalue weighted by atomic mass is 10.2. The molecule has 0 atom stereocenters. The fourth-order valence-electron chi connectivity index (χ4n) is 1.25. The number of ether oxygens (including phenoxy) is 1. The lowest BCUT2D eigenvalue weighted by Crippen LogP contribution is -2.12. The molecule has 0 bridgehead atoms. The molecule has 0 unspecified atom stereocenters. The predicted molar refractivity (Wildman–Crippen MR) is 68.6 cm³/mol. The van der Waals surface area contributed by atoms with Crippen LogP contribution in [0.15, 0.2) is 0 Å². The molecule has 0 aliphatic heterocycles. The Hall–Kier alpha value is -1.10. The average molecular weight is 259 g/mol. The quantitative estimate of drug-likeness (QED) is 0.762. The lowest BCUT2D eigenvalue weighted by molar-refractivity contribution is 0.222. The average Bonchev–Trinajstić information content (AvgIpc) is 2.22. The SMILES string of the molecule is CCCCCNc1nc(Cl)nc(OC(C)C)n1. The van der Waals surface area contributed by atoms with Crippen molar-refractivity contribution in [3.05, 3.63) is 5.28 Å². The van der Waals surface area contributed by atoms with E-state index in [1.54, 1.807) is 0 Å². The first-order valence-corrected chi connectivity index (χ1v) is 6.31.